The molecule has 0 aromatic heterocycles. The van der Waals surface area contributed by atoms with Crippen LogP contribution in [0.5, 0.6) is 0 Å². The van der Waals surface area contributed by atoms with Gasteiger partial charge in [-0.15, -0.1) is 6.04 Å². The summed E-state index contributed by atoms with van der Waals surface area (Å²) in [4.78, 5) is 42.1. The Hall–Kier alpha value is -0.918. The number of carbonyl (C=O) groups is 3. The molecule has 3 N–H and O–H groups in total. The van der Waals surface area contributed by atoms with Crippen molar-refractivity contribution in [2.45, 2.75) is 111 Å². The third kappa shape index (κ3) is 12.6. The molecule has 0 bridgehead atoms. The van der Waals surface area contributed by atoms with Gasteiger partial charge in [0.15, 0.2) is 0 Å². The average molecular weight is 725 g/mol. The molecule has 11 heteroatoms. The molecule has 1 radical (unpaired) electrons. The smallest absolute Gasteiger partial charge is 0.414 e. The minimum absolute atomic E-state index is 0. The number of ether oxygens (including phenoxy) is 3. The molecule has 205 valence electrons. The van der Waals surface area contributed by atoms with E-state index in [0.29, 0.717) is 12.8 Å². The number of amides is 2. The van der Waals surface area contributed by atoms with Crippen LogP contribution in [0.2, 0.25) is 0 Å². The molecular weight excluding hydrogens is 679 g/mol. The Morgan fingerprint density at radius 1 is 0.917 bits per heavy atom. The van der Waals surface area contributed by atoms with E-state index in [1.165, 1.54) is 0 Å². The monoisotopic (exact) mass is 724 g/mol. The zero-order chi connectivity index (χ0) is 27.0. The molecule has 1 aliphatic carbocycles. The van der Waals surface area contributed by atoms with Gasteiger partial charge in [0.2, 0.25) is 5.96 Å². The van der Waals surface area contributed by atoms with E-state index in [-0.39, 0.29) is 74.4 Å². The van der Waals surface area contributed by atoms with Gasteiger partial charge >= 0.3 is 18.2 Å². The molecule has 10 nitrogen and oxygen atoms in total. The maximum Gasteiger partial charge on any atom is 0.414 e. The summed E-state index contributed by atoms with van der Waals surface area (Å²) in [5, 5.41) is 5.01. The van der Waals surface area contributed by atoms with Crippen molar-refractivity contribution in [3.05, 3.63) is 5.73 Å². The quantitative estimate of drug-likeness (QED) is 0.160. The van der Waals surface area contributed by atoms with E-state index < -0.39 is 41.4 Å². The van der Waals surface area contributed by atoms with Crippen LogP contribution in [0.1, 0.15) is 88.0 Å². The van der Waals surface area contributed by atoms with Crippen LogP contribution in [0.4, 0.5) is 9.59 Å². The Morgan fingerprint density at radius 3 is 1.78 bits per heavy atom. The van der Waals surface area contributed by atoms with E-state index >= 15 is 0 Å². The Balaban J connectivity index is 0.0000122. The Bertz CT molecular complexity index is 727. The second-order valence-corrected chi connectivity index (χ2v) is 11.0. The van der Waals surface area contributed by atoms with Crippen molar-refractivity contribution < 1.29 is 72.7 Å². The maximum atomic E-state index is 12.5. The molecule has 4 atom stereocenters. The molecule has 0 aromatic rings. The largest absolute Gasteiger partial charge is 0.674 e. The number of esters is 1. The first kappa shape index (κ1) is 35.1. The van der Waals surface area contributed by atoms with Crippen molar-refractivity contribution in [1.29, 1.82) is 0 Å². The fraction of sp³-hybridized carbons (Fsp3) is 0.840. The third-order valence-electron chi connectivity index (χ3n) is 5.75. The minimum Gasteiger partial charge on any atom is -0.674 e. The van der Waals surface area contributed by atoms with E-state index in [1.807, 2.05) is 13.8 Å². The molecule has 0 spiro atoms. The number of rotatable bonds is 7. The van der Waals surface area contributed by atoms with Crippen molar-refractivity contribution in [3.8, 4) is 0 Å². The first-order chi connectivity index (χ1) is 16.1. The van der Waals surface area contributed by atoms with Gasteiger partial charge in [-0.25, -0.2) is 14.6 Å². The fourth-order valence-corrected chi connectivity index (χ4v) is 4.24. The van der Waals surface area contributed by atoms with Crippen LogP contribution < -0.4 is 10.6 Å². The molecule has 1 unspecified atom stereocenters. The summed E-state index contributed by atoms with van der Waals surface area (Å²) in [6.07, 6.45) is 0.914. The molecule has 1 rings (SSSR count). The van der Waals surface area contributed by atoms with Crippen molar-refractivity contribution >= 4 is 24.1 Å². The van der Waals surface area contributed by atoms with Crippen LogP contribution in [0.3, 0.4) is 0 Å². The number of carbonyl (C=O) groups excluding carboxylic acids is 3. The van der Waals surface area contributed by atoms with Crippen molar-refractivity contribution in [3.63, 3.8) is 0 Å². The summed E-state index contributed by atoms with van der Waals surface area (Å²) in [6, 6.07) is -0.935. The van der Waals surface area contributed by atoms with E-state index in [4.69, 9.17) is 19.9 Å². The predicted octanol–water partition coefficient (Wildman–Crippen LogP) is 5.21. The van der Waals surface area contributed by atoms with E-state index in [0.717, 1.165) is 12.8 Å². The SMILES string of the molecule is CCOC(=O)[C@H]1C[C@@H](N=C(NC(=O)OC(C)(C)C)NC(=O)OC(C)(C)C)[C@H](C([NH-])C(CC)CC)C1.[Ac]. The zero-order valence-electron chi connectivity index (χ0n) is 23.4. The van der Waals surface area contributed by atoms with Gasteiger partial charge in [0.05, 0.1) is 18.6 Å². The van der Waals surface area contributed by atoms with Gasteiger partial charge in [-0.3, -0.25) is 15.4 Å². The number of aliphatic imine (C=N–C) groups is 1. The van der Waals surface area contributed by atoms with Crippen LogP contribution in [0, 0.1) is 61.8 Å². The van der Waals surface area contributed by atoms with Crippen LogP contribution in [-0.2, 0) is 19.0 Å². The summed E-state index contributed by atoms with van der Waals surface area (Å²) in [7, 11) is 0. The summed E-state index contributed by atoms with van der Waals surface area (Å²) in [5.74, 6) is -0.955. The van der Waals surface area contributed by atoms with E-state index in [9.17, 15) is 14.4 Å². The third-order valence-corrected chi connectivity index (χ3v) is 5.75. The molecule has 1 aliphatic rings. The molecule has 36 heavy (non-hydrogen) atoms. The summed E-state index contributed by atoms with van der Waals surface area (Å²) in [6.45, 7) is 16.5. The average Bonchev–Trinajstić information content (AvgIpc) is 3.09. The Morgan fingerprint density at radius 2 is 1.39 bits per heavy atom. The van der Waals surface area contributed by atoms with Crippen molar-refractivity contribution in [2.75, 3.05) is 6.61 Å². The first-order valence-electron chi connectivity index (χ1n) is 12.6. The summed E-state index contributed by atoms with van der Waals surface area (Å²) in [5.41, 5.74) is 7.40. The number of alkyl carbamates (subject to hydrolysis) is 2. The van der Waals surface area contributed by atoms with Gasteiger partial charge in [-0.1, -0.05) is 32.6 Å². The Kier molecular flexibility index (Phi) is 15.1. The Labute approximate surface area is 252 Å². The fourth-order valence-electron chi connectivity index (χ4n) is 4.24. The zero-order valence-corrected chi connectivity index (χ0v) is 28.1. The second-order valence-electron chi connectivity index (χ2n) is 11.0. The van der Waals surface area contributed by atoms with Gasteiger partial charge in [-0.2, -0.15) is 0 Å². The molecular formula is C25H45AcN4O6-. The topological polar surface area (TPSA) is 139 Å². The van der Waals surface area contributed by atoms with Crippen LogP contribution in [-0.4, -0.2) is 54.0 Å². The van der Waals surface area contributed by atoms with Crippen LogP contribution in [0.15, 0.2) is 4.99 Å². The maximum absolute atomic E-state index is 12.5. The molecule has 2 amide bonds. The first-order valence-corrected chi connectivity index (χ1v) is 12.6. The van der Waals surface area contributed by atoms with E-state index in [2.05, 4.69) is 15.6 Å². The minimum atomic E-state index is -0.786. The number of nitrogens with one attached hydrogen (secondary N) is 3. The summed E-state index contributed by atoms with van der Waals surface area (Å²) < 4.78 is 15.9. The number of guanidine groups is 1. The molecule has 0 aromatic carbocycles. The predicted molar refractivity (Wildman–Crippen MR) is 135 cm³/mol. The molecule has 0 aliphatic heterocycles. The van der Waals surface area contributed by atoms with Crippen molar-refractivity contribution in [1.82, 2.24) is 10.6 Å². The van der Waals surface area contributed by atoms with Crippen LogP contribution in [0.25, 0.3) is 5.73 Å². The van der Waals surface area contributed by atoms with Crippen molar-refractivity contribution in [2.24, 2.45) is 22.7 Å². The molecule has 0 saturated heterocycles. The van der Waals surface area contributed by atoms with Gasteiger partial charge in [-0.05, 0) is 67.2 Å². The molecule has 1 saturated carbocycles. The number of nitrogens with zero attached hydrogens (tertiary/aromatic N) is 1. The van der Waals surface area contributed by atoms with Gasteiger partial charge < -0.3 is 19.9 Å². The second kappa shape index (κ2) is 15.5. The van der Waals surface area contributed by atoms with Gasteiger partial charge in [0, 0.05) is 44.1 Å². The number of hydrogen-bond donors (Lipinski definition) is 2. The molecule has 0 heterocycles. The van der Waals surface area contributed by atoms with E-state index in [1.54, 1.807) is 48.5 Å². The van der Waals surface area contributed by atoms with Gasteiger partial charge in [0.1, 0.15) is 11.2 Å². The van der Waals surface area contributed by atoms with Gasteiger partial charge in [0.25, 0.3) is 0 Å². The summed E-state index contributed by atoms with van der Waals surface area (Å²) >= 11 is 0. The molecule has 1 fully saturated rings. The number of hydrogen-bond acceptors (Lipinski definition) is 7. The normalized spacial score (nSPS) is 20.6. The van der Waals surface area contributed by atoms with Crippen LogP contribution >= 0.6 is 0 Å². The standard InChI is InChI=1S/C25H45N4O6.Ac/c1-10-15(11-2)19(26)17-13-16(20(30)33-12-3)14-18(17)27-21(28-22(31)34-24(4,5)6)29-23(32)35-25(7,8)9;/h15-19,26H,10-14H2,1-9H3,(H2,27,28,29,31,32);/q-1;/t16-,17-,18-,19?;/m1./s1.